The highest BCUT2D eigenvalue weighted by molar-refractivity contribution is 5.83. The maximum atomic E-state index is 11.4. The van der Waals surface area contributed by atoms with Crippen LogP contribution in [0, 0.1) is 0 Å². The van der Waals surface area contributed by atoms with Crippen molar-refractivity contribution in [2.75, 3.05) is 13.7 Å². The van der Waals surface area contributed by atoms with Gasteiger partial charge in [0, 0.05) is 13.5 Å². The van der Waals surface area contributed by atoms with Gasteiger partial charge in [-0.25, -0.2) is 4.79 Å². The van der Waals surface area contributed by atoms with E-state index in [1.807, 2.05) is 13.0 Å². The SMILES string of the molecule is COC(=O)C(CN[C@@H](C)c1ccco1)NC(C)=O. The molecule has 0 fully saturated rings. The van der Waals surface area contributed by atoms with Gasteiger partial charge in [-0.05, 0) is 19.1 Å². The number of esters is 1. The number of hydrogen-bond donors (Lipinski definition) is 2. The molecule has 0 saturated carbocycles. The van der Waals surface area contributed by atoms with Crippen LogP contribution in [0.25, 0.3) is 0 Å². The maximum absolute atomic E-state index is 11.4. The lowest BCUT2D eigenvalue weighted by atomic mass is 10.2. The van der Waals surface area contributed by atoms with Crippen LogP contribution in [-0.2, 0) is 14.3 Å². The van der Waals surface area contributed by atoms with Crippen molar-refractivity contribution in [2.24, 2.45) is 0 Å². The fourth-order valence-electron chi connectivity index (χ4n) is 1.51. The zero-order valence-electron chi connectivity index (χ0n) is 10.7. The van der Waals surface area contributed by atoms with E-state index in [1.165, 1.54) is 14.0 Å². The van der Waals surface area contributed by atoms with Crippen LogP contribution in [0.1, 0.15) is 25.6 Å². The monoisotopic (exact) mass is 254 g/mol. The normalized spacial score (nSPS) is 13.7. The molecule has 0 aliphatic carbocycles. The van der Waals surface area contributed by atoms with Gasteiger partial charge in [-0.15, -0.1) is 0 Å². The van der Waals surface area contributed by atoms with Crippen LogP contribution in [0.5, 0.6) is 0 Å². The van der Waals surface area contributed by atoms with Gasteiger partial charge >= 0.3 is 5.97 Å². The van der Waals surface area contributed by atoms with E-state index in [9.17, 15) is 9.59 Å². The predicted molar refractivity (Wildman–Crippen MR) is 64.7 cm³/mol. The largest absolute Gasteiger partial charge is 0.468 e. The number of carbonyl (C=O) groups is 2. The predicted octanol–water partition coefficient (Wildman–Crippen LogP) is 0.608. The van der Waals surface area contributed by atoms with Crippen molar-refractivity contribution in [3.63, 3.8) is 0 Å². The summed E-state index contributed by atoms with van der Waals surface area (Å²) < 4.78 is 9.85. The molecule has 0 aliphatic rings. The summed E-state index contributed by atoms with van der Waals surface area (Å²) >= 11 is 0. The summed E-state index contributed by atoms with van der Waals surface area (Å²) in [5.74, 6) is 0.00337. The van der Waals surface area contributed by atoms with Crippen LogP contribution >= 0.6 is 0 Å². The first-order valence-corrected chi connectivity index (χ1v) is 5.66. The second-order valence-corrected chi connectivity index (χ2v) is 3.92. The first kappa shape index (κ1) is 14.2. The average molecular weight is 254 g/mol. The van der Waals surface area contributed by atoms with Crippen molar-refractivity contribution in [2.45, 2.75) is 25.9 Å². The molecule has 2 atom stereocenters. The quantitative estimate of drug-likeness (QED) is 0.727. The third kappa shape index (κ3) is 4.21. The van der Waals surface area contributed by atoms with Crippen LogP contribution in [0.15, 0.2) is 22.8 Å². The Hall–Kier alpha value is -1.82. The molecule has 1 aromatic rings. The molecule has 0 aromatic carbocycles. The highest BCUT2D eigenvalue weighted by Crippen LogP contribution is 2.11. The average Bonchev–Trinajstić information content (AvgIpc) is 2.86. The molecule has 1 aromatic heterocycles. The van der Waals surface area contributed by atoms with Crippen LogP contribution in [0.3, 0.4) is 0 Å². The Morgan fingerprint density at radius 1 is 1.50 bits per heavy atom. The lowest BCUT2D eigenvalue weighted by Crippen LogP contribution is -2.47. The maximum Gasteiger partial charge on any atom is 0.329 e. The zero-order valence-corrected chi connectivity index (χ0v) is 10.7. The van der Waals surface area contributed by atoms with Gasteiger partial charge in [0.25, 0.3) is 0 Å². The molecule has 2 N–H and O–H groups in total. The topological polar surface area (TPSA) is 80.6 Å². The molecular formula is C12H18N2O4. The van der Waals surface area contributed by atoms with Gasteiger partial charge in [0.1, 0.15) is 11.8 Å². The van der Waals surface area contributed by atoms with E-state index in [2.05, 4.69) is 15.4 Å². The zero-order chi connectivity index (χ0) is 13.5. The fourth-order valence-corrected chi connectivity index (χ4v) is 1.51. The van der Waals surface area contributed by atoms with Crippen LogP contribution in [0.4, 0.5) is 0 Å². The molecule has 1 amide bonds. The Bertz CT molecular complexity index is 389. The first-order chi connectivity index (χ1) is 8.54. The number of methoxy groups -OCH3 is 1. The summed E-state index contributed by atoms with van der Waals surface area (Å²) in [4.78, 5) is 22.4. The van der Waals surface area contributed by atoms with Gasteiger partial charge in [-0.2, -0.15) is 0 Å². The number of carbonyl (C=O) groups excluding carboxylic acids is 2. The molecule has 6 heteroatoms. The van der Waals surface area contributed by atoms with E-state index in [0.29, 0.717) is 0 Å². The standard InChI is InChI=1S/C12H18N2O4/c1-8(11-5-4-6-18-11)13-7-10(12(16)17-3)14-9(2)15/h4-6,8,10,13H,7H2,1-3H3,(H,14,15)/t8-,10?/m0/s1. The third-order valence-electron chi connectivity index (χ3n) is 2.46. The Labute approximate surface area is 106 Å². The Morgan fingerprint density at radius 3 is 2.72 bits per heavy atom. The van der Waals surface area contributed by atoms with Gasteiger partial charge in [0.2, 0.25) is 5.91 Å². The molecule has 0 bridgehead atoms. The van der Waals surface area contributed by atoms with Crippen molar-refractivity contribution >= 4 is 11.9 Å². The Kier molecular flexibility index (Phi) is 5.38. The highest BCUT2D eigenvalue weighted by atomic mass is 16.5. The summed E-state index contributed by atoms with van der Waals surface area (Å²) in [6, 6.07) is 2.87. The van der Waals surface area contributed by atoms with Gasteiger partial charge in [-0.3, -0.25) is 4.79 Å². The second kappa shape index (κ2) is 6.80. The molecule has 1 unspecified atom stereocenters. The van der Waals surface area contributed by atoms with Gasteiger partial charge in [0.15, 0.2) is 0 Å². The lowest BCUT2D eigenvalue weighted by Gasteiger charge is -2.18. The second-order valence-electron chi connectivity index (χ2n) is 3.92. The van der Waals surface area contributed by atoms with E-state index in [1.54, 1.807) is 12.3 Å². The van der Waals surface area contributed by atoms with E-state index in [-0.39, 0.29) is 18.5 Å². The molecule has 18 heavy (non-hydrogen) atoms. The summed E-state index contributed by atoms with van der Waals surface area (Å²) in [6.45, 7) is 3.53. The van der Waals surface area contributed by atoms with E-state index in [0.717, 1.165) is 5.76 Å². The van der Waals surface area contributed by atoms with Crippen molar-refractivity contribution in [3.8, 4) is 0 Å². The molecule has 0 saturated heterocycles. The molecule has 1 heterocycles. The van der Waals surface area contributed by atoms with Gasteiger partial charge in [-0.1, -0.05) is 0 Å². The Balaban J connectivity index is 2.51. The van der Waals surface area contributed by atoms with Crippen LogP contribution < -0.4 is 10.6 Å². The van der Waals surface area contributed by atoms with E-state index < -0.39 is 12.0 Å². The summed E-state index contributed by atoms with van der Waals surface area (Å²) in [6.07, 6.45) is 1.58. The van der Waals surface area contributed by atoms with Crippen molar-refractivity contribution in [3.05, 3.63) is 24.2 Å². The number of amides is 1. The third-order valence-corrected chi connectivity index (χ3v) is 2.46. The molecule has 1 rings (SSSR count). The molecule has 6 nitrogen and oxygen atoms in total. The smallest absolute Gasteiger partial charge is 0.329 e. The van der Waals surface area contributed by atoms with E-state index in [4.69, 9.17) is 4.42 Å². The number of hydrogen-bond acceptors (Lipinski definition) is 5. The molecule has 100 valence electrons. The number of furan rings is 1. The number of rotatable bonds is 6. The fraction of sp³-hybridized carbons (Fsp3) is 0.500. The number of nitrogens with one attached hydrogen (secondary N) is 2. The minimum absolute atomic E-state index is 0.0547. The molecular weight excluding hydrogens is 236 g/mol. The van der Waals surface area contributed by atoms with Gasteiger partial charge < -0.3 is 19.8 Å². The highest BCUT2D eigenvalue weighted by Gasteiger charge is 2.21. The number of ether oxygens (including phenoxy) is 1. The minimum atomic E-state index is -0.704. The van der Waals surface area contributed by atoms with Crippen LogP contribution in [0.2, 0.25) is 0 Å². The summed E-state index contributed by atoms with van der Waals surface area (Å²) in [5.41, 5.74) is 0. The van der Waals surface area contributed by atoms with Crippen molar-refractivity contribution < 1.29 is 18.7 Å². The summed E-state index contributed by atoms with van der Waals surface area (Å²) in [5, 5.41) is 5.62. The molecule has 0 radical (unpaired) electrons. The van der Waals surface area contributed by atoms with Crippen LogP contribution in [-0.4, -0.2) is 31.6 Å². The lowest BCUT2D eigenvalue weighted by molar-refractivity contribution is -0.144. The molecule has 0 aliphatic heterocycles. The van der Waals surface area contributed by atoms with Crippen molar-refractivity contribution in [1.29, 1.82) is 0 Å². The molecule has 0 spiro atoms. The minimum Gasteiger partial charge on any atom is -0.468 e. The van der Waals surface area contributed by atoms with Crippen molar-refractivity contribution in [1.82, 2.24) is 10.6 Å². The first-order valence-electron chi connectivity index (χ1n) is 5.66. The Morgan fingerprint density at radius 2 is 2.22 bits per heavy atom. The van der Waals surface area contributed by atoms with Gasteiger partial charge in [0.05, 0.1) is 19.4 Å². The summed E-state index contributed by atoms with van der Waals surface area (Å²) in [7, 11) is 1.28. The van der Waals surface area contributed by atoms with E-state index >= 15 is 0 Å².